The second-order valence-electron chi connectivity index (χ2n) is 4.67. The Bertz CT molecular complexity index is 619. The van der Waals surface area contributed by atoms with Gasteiger partial charge in [-0.25, -0.2) is 16.8 Å². The molecule has 1 N–H and O–H groups in total. The van der Waals surface area contributed by atoms with Crippen LogP contribution in [0.25, 0.3) is 0 Å². The molecule has 0 atom stereocenters. The van der Waals surface area contributed by atoms with Crippen molar-refractivity contribution in [2.45, 2.75) is 29.6 Å². The zero-order valence-electron chi connectivity index (χ0n) is 11.8. The third-order valence-electron chi connectivity index (χ3n) is 2.80. The smallest absolute Gasteiger partial charge is 0.178 e. The van der Waals surface area contributed by atoms with E-state index in [1.807, 2.05) is 6.92 Å². The number of nitrogens with one attached hydrogen (secondary N) is 1. The number of rotatable bonds is 8. The van der Waals surface area contributed by atoms with Crippen molar-refractivity contribution in [2.75, 3.05) is 25.1 Å². The molecule has 1 aromatic carbocycles. The standard InChI is InChI=1S/C13H21NO4S2/c1-3-9-14-10-4-11-20(17,18)13-7-5-12(6-8-13)19(2,15)16/h5-8,14H,3-4,9-11H2,1-2H3. The van der Waals surface area contributed by atoms with E-state index in [4.69, 9.17) is 0 Å². The van der Waals surface area contributed by atoms with Crippen molar-refractivity contribution in [3.63, 3.8) is 0 Å². The van der Waals surface area contributed by atoms with Crippen LogP contribution in [0.3, 0.4) is 0 Å². The molecule has 1 rings (SSSR count). The van der Waals surface area contributed by atoms with Crippen molar-refractivity contribution in [1.82, 2.24) is 5.32 Å². The molecule has 0 aliphatic carbocycles. The van der Waals surface area contributed by atoms with E-state index in [1.165, 1.54) is 24.3 Å². The summed E-state index contributed by atoms with van der Waals surface area (Å²) in [5, 5.41) is 3.14. The molecule has 0 saturated heterocycles. The highest BCUT2D eigenvalue weighted by Crippen LogP contribution is 2.16. The Kier molecular flexibility index (Phi) is 6.16. The average Bonchev–Trinajstić information content (AvgIpc) is 2.37. The summed E-state index contributed by atoms with van der Waals surface area (Å²) in [6, 6.07) is 5.37. The van der Waals surface area contributed by atoms with Gasteiger partial charge >= 0.3 is 0 Å². The van der Waals surface area contributed by atoms with Gasteiger partial charge in [-0.15, -0.1) is 0 Å². The Hall–Kier alpha value is -0.920. The average molecular weight is 319 g/mol. The fourth-order valence-electron chi connectivity index (χ4n) is 1.70. The second kappa shape index (κ2) is 7.19. The maximum absolute atomic E-state index is 12.0. The van der Waals surface area contributed by atoms with Crippen molar-refractivity contribution in [2.24, 2.45) is 0 Å². The monoisotopic (exact) mass is 319 g/mol. The summed E-state index contributed by atoms with van der Waals surface area (Å²) in [7, 11) is -6.64. The number of sulfone groups is 2. The van der Waals surface area contributed by atoms with Crippen LogP contribution in [-0.2, 0) is 19.7 Å². The van der Waals surface area contributed by atoms with Gasteiger partial charge in [0, 0.05) is 6.26 Å². The van der Waals surface area contributed by atoms with E-state index in [2.05, 4.69) is 5.32 Å². The molecule has 1 aromatic rings. The summed E-state index contributed by atoms with van der Waals surface area (Å²) in [6.07, 6.45) is 2.64. The molecule has 0 aliphatic heterocycles. The molecule has 0 fully saturated rings. The predicted molar refractivity (Wildman–Crippen MR) is 79.4 cm³/mol. The minimum absolute atomic E-state index is 0.0575. The molecule has 0 aromatic heterocycles. The number of hydrogen-bond donors (Lipinski definition) is 1. The molecule has 7 heteroatoms. The van der Waals surface area contributed by atoms with Crippen LogP contribution in [0.4, 0.5) is 0 Å². The third kappa shape index (κ3) is 5.22. The zero-order valence-corrected chi connectivity index (χ0v) is 13.4. The quantitative estimate of drug-likeness (QED) is 0.730. The van der Waals surface area contributed by atoms with E-state index >= 15 is 0 Å². The van der Waals surface area contributed by atoms with Gasteiger partial charge in [0.1, 0.15) is 0 Å². The van der Waals surface area contributed by atoms with Crippen LogP contribution in [0.1, 0.15) is 19.8 Å². The van der Waals surface area contributed by atoms with Gasteiger partial charge in [-0.05, 0) is 50.2 Å². The van der Waals surface area contributed by atoms with E-state index in [1.54, 1.807) is 0 Å². The van der Waals surface area contributed by atoms with Crippen LogP contribution < -0.4 is 5.32 Å². The molecule has 0 radical (unpaired) electrons. The summed E-state index contributed by atoms with van der Waals surface area (Å²) in [6.45, 7) is 3.59. The summed E-state index contributed by atoms with van der Waals surface area (Å²) < 4.78 is 46.7. The van der Waals surface area contributed by atoms with Crippen molar-refractivity contribution in [1.29, 1.82) is 0 Å². The first-order chi connectivity index (χ1) is 9.27. The first-order valence-electron chi connectivity index (χ1n) is 6.51. The lowest BCUT2D eigenvalue weighted by atomic mass is 10.4. The van der Waals surface area contributed by atoms with Crippen LogP contribution in [-0.4, -0.2) is 41.9 Å². The third-order valence-corrected chi connectivity index (χ3v) is 5.75. The van der Waals surface area contributed by atoms with E-state index in [-0.39, 0.29) is 15.5 Å². The molecule has 0 amide bonds. The van der Waals surface area contributed by atoms with E-state index in [9.17, 15) is 16.8 Å². The Labute approximate surface area is 121 Å². The summed E-state index contributed by atoms with van der Waals surface area (Å²) in [5.41, 5.74) is 0. The Morgan fingerprint density at radius 3 is 2.00 bits per heavy atom. The minimum Gasteiger partial charge on any atom is -0.317 e. The van der Waals surface area contributed by atoms with Gasteiger partial charge in [0.2, 0.25) is 0 Å². The van der Waals surface area contributed by atoms with Gasteiger partial charge in [0.25, 0.3) is 0 Å². The highest BCUT2D eigenvalue weighted by Gasteiger charge is 2.15. The molecule has 0 spiro atoms. The van der Waals surface area contributed by atoms with Gasteiger partial charge in [-0.3, -0.25) is 0 Å². The van der Waals surface area contributed by atoms with E-state index in [0.29, 0.717) is 13.0 Å². The SMILES string of the molecule is CCCNCCCS(=O)(=O)c1ccc(S(C)(=O)=O)cc1. The molecule has 0 saturated carbocycles. The lowest BCUT2D eigenvalue weighted by molar-refractivity contribution is 0.587. The summed E-state index contributed by atoms with van der Waals surface area (Å²) in [5.74, 6) is 0.0575. The van der Waals surface area contributed by atoms with Crippen molar-refractivity contribution < 1.29 is 16.8 Å². The van der Waals surface area contributed by atoms with Crippen molar-refractivity contribution in [3.8, 4) is 0 Å². The minimum atomic E-state index is -3.34. The molecule has 0 unspecified atom stereocenters. The van der Waals surface area contributed by atoms with Crippen LogP contribution in [0.15, 0.2) is 34.1 Å². The fourth-order valence-corrected chi connectivity index (χ4v) is 3.64. The molecule has 5 nitrogen and oxygen atoms in total. The largest absolute Gasteiger partial charge is 0.317 e. The van der Waals surface area contributed by atoms with Gasteiger partial charge in [-0.2, -0.15) is 0 Å². The second-order valence-corrected chi connectivity index (χ2v) is 8.79. The zero-order chi connectivity index (χ0) is 15.2. The van der Waals surface area contributed by atoms with E-state index in [0.717, 1.165) is 19.2 Å². The van der Waals surface area contributed by atoms with Crippen molar-refractivity contribution in [3.05, 3.63) is 24.3 Å². The lowest BCUT2D eigenvalue weighted by Crippen LogP contribution is -2.19. The van der Waals surface area contributed by atoms with Gasteiger partial charge in [0.05, 0.1) is 15.5 Å². The van der Waals surface area contributed by atoms with Crippen LogP contribution in [0, 0.1) is 0 Å². The number of hydrogen-bond acceptors (Lipinski definition) is 5. The maximum atomic E-state index is 12.0. The topological polar surface area (TPSA) is 80.3 Å². The lowest BCUT2D eigenvalue weighted by Gasteiger charge is -2.06. The molecular weight excluding hydrogens is 298 g/mol. The van der Waals surface area contributed by atoms with Crippen LogP contribution in [0.5, 0.6) is 0 Å². The first-order valence-corrected chi connectivity index (χ1v) is 10.1. The predicted octanol–water partition coefficient (Wildman–Crippen LogP) is 1.25. The van der Waals surface area contributed by atoms with Crippen LogP contribution >= 0.6 is 0 Å². The molecule has 0 bridgehead atoms. The Balaban J connectivity index is 2.69. The van der Waals surface area contributed by atoms with Crippen molar-refractivity contribution >= 4 is 19.7 Å². The van der Waals surface area contributed by atoms with Gasteiger partial charge < -0.3 is 5.32 Å². The molecule has 114 valence electrons. The Morgan fingerprint density at radius 1 is 0.950 bits per heavy atom. The van der Waals surface area contributed by atoms with E-state index < -0.39 is 19.7 Å². The van der Waals surface area contributed by atoms with Gasteiger partial charge in [0.15, 0.2) is 19.7 Å². The molecular formula is C13H21NO4S2. The molecule has 0 heterocycles. The normalized spacial score (nSPS) is 12.5. The van der Waals surface area contributed by atoms with Gasteiger partial charge in [-0.1, -0.05) is 6.92 Å². The summed E-state index contributed by atoms with van der Waals surface area (Å²) >= 11 is 0. The molecule has 0 aliphatic rings. The van der Waals surface area contributed by atoms with Crippen LogP contribution in [0.2, 0.25) is 0 Å². The highest BCUT2D eigenvalue weighted by molar-refractivity contribution is 7.91. The summed E-state index contributed by atoms with van der Waals surface area (Å²) in [4.78, 5) is 0.293. The first kappa shape index (κ1) is 17.1. The maximum Gasteiger partial charge on any atom is 0.178 e. The fraction of sp³-hybridized carbons (Fsp3) is 0.538. The number of benzene rings is 1. The Morgan fingerprint density at radius 2 is 1.50 bits per heavy atom. The molecule has 20 heavy (non-hydrogen) atoms. The highest BCUT2D eigenvalue weighted by atomic mass is 32.2.